The van der Waals surface area contributed by atoms with Gasteiger partial charge >= 0.3 is 0 Å². The molecule has 2 fully saturated rings. The number of likely N-dealkylation sites (tertiary alicyclic amines) is 1. The fourth-order valence-corrected chi connectivity index (χ4v) is 3.61. The molecule has 0 radical (unpaired) electrons. The Hall–Kier alpha value is -0.940. The molecule has 1 aromatic rings. The first-order valence-electron chi connectivity index (χ1n) is 6.83. The number of hydrogen-bond acceptors (Lipinski definition) is 3. The lowest BCUT2D eigenvalue weighted by atomic mass is 9.84. The van der Waals surface area contributed by atoms with Crippen molar-refractivity contribution >= 4 is 21.8 Å². The van der Waals surface area contributed by atoms with Crippen molar-refractivity contribution in [2.75, 3.05) is 13.1 Å². The van der Waals surface area contributed by atoms with Crippen molar-refractivity contribution < 1.29 is 4.79 Å². The van der Waals surface area contributed by atoms with Crippen LogP contribution in [0.2, 0.25) is 0 Å². The Kier molecular flexibility index (Phi) is 3.84. The monoisotopic (exact) mass is 323 g/mol. The molecule has 102 valence electrons. The summed E-state index contributed by atoms with van der Waals surface area (Å²) in [4.78, 5) is 18.5. The fourth-order valence-electron chi connectivity index (χ4n) is 3.20. The number of nitrogens with one attached hydrogen (secondary N) is 1. The van der Waals surface area contributed by atoms with E-state index >= 15 is 0 Å². The van der Waals surface area contributed by atoms with E-state index in [2.05, 4.69) is 31.1 Å². The van der Waals surface area contributed by atoms with E-state index in [1.165, 1.54) is 0 Å². The lowest BCUT2D eigenvalue weighted by Crippen LogP contribution is -2.54. The molecule has 2 aliphatic heterocycles. The van der Waals surface area contributed by atoms with Gasteiger partial charge in [0, 0.05) is 35.9 Å². The van der Waals surface area contributed by atoms with Crippen LogP contribution in [0.15, 0.2) is 22.9 Å². The molecular formula is C14H18BrN3O. The zero-order chi connectivity index (χ0) is 13.2. The molecule has 0 bridgehead atoms. The van der Waals surface area contributed by atoms with E-state index in [4.69, 9.17) is 0 Å². The Labute approximate surface area is 121 Å². The minimum Gasteiger partial charge on any atom is -0.335 e. The Bertz CT molecular complexity index is 480. The molecule has 2 aliphatic rings. The smallest absolute Gasteiger partial charge is 0.223 e. The van der Waals surface area contributed by atoms with E-state index in [0.29, 0.717) is 30.8 Å². The first kappa shape index (κ1) is 13.1. The summed E-state index contributed by atoms with van der Waals surface area (Å²) < 4.78 is 0.969. The maximum Gasteiger partial charge on any atom is 0.223 e. The molecule has 4 nitrogen and oxygen atoms in total. The molecule has 1 aromatic heterocycles. The molecule has 0 aliphatic carbocycles. The van der Waals surface area contributed by atoms with Gasteiger partial charge in [0.15, 0.2) is 0 Å². The summed E-state index contributed by atoms with van der Waals surface area (Å²) in [6.45, 7) is 2.75. The molecule has 3 rings (SSSR count). The van der Waals surface area contributed by atoms with Crippen LogP contribution in [0.3, 0.4) is 0 Å². The summed E-state index contributed by atoms with van der Waals surface area (Å²) >= 11 is 3.44. The van der Waals surface area contributed by atoms with Crippen molar-refractivity contribution in [3.8, 4) is 0 Å². The average molecular weight is 324 g/mol. The highest BCUT2D eigenvalue weighted by molar-refractivity contribution is 9.10. The topological polar surface area (TPSA) is 45.2 Å². The number of nitrogens with zero attached hydrogens (tertiary/aromatic N) is 2. The number of fused-ring (bicyclic) bond motifs is 1. The number of hydrogen-bond donors (Lipinski definition) is 1. The van der Waals surface area contributed by atoms with Crippen molar-refractivity contribution in [2.24, 2.45) is 5.92 Å². The fraction of sp³-hybridized carbons (Fsp3) is 0.571. The number of carbonyl (C=O) groups is 1. The normalized spacial score (nSPS) is 27.2. The summed E-state index contributed by atoms with van der Waals surface area (Å²) in [6, 6.07) is 2.45. The molecule has 0 spiro atoms. The van der Waals surface area contributed by atoms with Crippen LogP contribution in [0.1, 0.15) is 24.8 Å². The van der Waals surface area contributed by atoms with Gasteiger partial charge < -0.3 is 10.2 Å². The van der Waals surface area contributed by atoms with Gasteiger partial charge in [0.25, 0.3) is 0 Å². The number of halogens is 1. The summed E-state index contributed by atoms with van der Waals surface area (Å²) in [5.74, 6) is 0.912. The lowest BCUT2D eigenvalue weighted by Gasteiger charge is -2.44. The van der Waals surface area contributed by atoms with Crippen LogP contribution in [-0.2, 0) is 11.3 Å². The van der Waals surface area contributed by atoms with Gasteiger partial charge in [-0.1, -0.05) is 0 Å². The SMILES string of the molecule is O=C1CCC2CNCCC2N1Cc1cncc(Br)c1. The molecule has 1 amide bonds. The highest BCUT2D eigenvalue weighted by Crippen LogP contribution is 2.30. The molecule has 2 atom stereocenters. The number of piperidine rings is 2. The largest absolute Gasteiger partial charge is 0.335 e. The zero-order valence-corrected chi connectivity index (χ0v) is 12.4. The standard InChI is InChI=1S/C14H18BrN3O/c15-12-5-10(6-17-8-12)9-18-13-3-4-16-7-11(13)1-2-14(18)19/h5-6,8,11,13,16H,1-4,7,9H2. The maximum atomic E-state index is 12.2. The number of rotatable bonds is 2. The molecule has 5 heteroatoms. The second kappa shape index (κ2) is 5.59. The first-order valence-corrected chi connectivity index (χ1v) is 7.63. The Balaban J connectivity index is 1.78. The minimum absolute atomic E-state index is 0.295. The van der Waals surface area contributed by atoms with Gasteiger partial charge in [-0.2, -0.15) is 0 Å². The third-order valence-corrected chi connectivity index (χ3v) is 4.57. The summed E-state index contributed by atoms with van der Waals surface area (Å²) in [6.07, 6.45) is 6.41. The van der Waals surface area contributed by atoms with Crippen LogP contribution in [0.4, 0.5) is 0 Å². The second-order valence-electron chi connectivity index (χ2n) is 5.39. The number of pyridine rings is 1. The molecule has 2 unspecified atom stereocenters. The van der Waals surface area contributed by atoms with Crippen molar-refractivity contribution in [3.63, 3.8) is 0 Å². The van der Waals surface area contributed by atoms with Crippen LogP contribution in [0.5, 0.6) is 0 Å². The van der Waals surface area contributed by atoms with Gasteiger partial charge in [-0.05, 0) is 59.4 Å². The van der Waals surface area contributed by atoms with Crippen LogP contribution < -0.4 is 5.32 Å². The predicted octanol–water partition coefficient (Wildman–Crippen LogP) is 1.94. The third kappa shape index (κ3) is 2.82. The predicted molar refractivity (Wildman–Crippen MR) is 76.5 cm³/mol. The van der Waals surface area contributed by atoms with Crippen molar-refractivity contribution in [1.82, 2.24) is 15.2 Å². The third-order valence-electron chi connectivity index (χ3n) is 4.13. The van der Waals surface area contributed by atoms with Gasteiger partial charge in [-0.3, -0.25) is 9.78 Å². The van der Waals surface area contributed by atoms with Crippen LogP contribution in [0.25, 0.3) is 0 Å². The summed E-state index contributed by atoms with van der Waals surface area (Å²) in [7, 11) is 0. The molecule has 0 aromatic carbocycles. The average Bonchev–Trinajstić information content (AvgIpc) is 2.42. The number of aromatic nitrogens is 1. The van der Waals surface area contributed by atoms with E-state index in [9.17, 15) is 4.79 Å². The van der Waals surface area contributed by atoms with Crippen molar-refractivity contribution in [1.29, 1.82) is 0 Å². The number of carbonyl (C=O) groups excluding carboxylic acids is 1. The minimum atomic E-state index is 0.295. The van der Waals surface area contributed by atoms with Crippen LogP contribution in [-0.4, -0.2) is 34.9 Å². The zero-order valence-electron chi connectivity index (χ0n) is 10.8. The Morgan fingerprint density at radius 3 is 3.16 bits per heavy atom. The molecule has 0 saturated carbocycles. The number of amides is 1. The summed E-state index contributed by atoms with van der Waals surface area (Å²) in [5, 5.41) is 3.43. The highest BCUT2D eigenvalue weighted by atomic mass is 79.9. The van der Waals surface area contributed by atoms with Gasteiger partial charge in [0.05, 0.1) is 0 Å². The van der Waals surface area contributed by atoms with Gasteiger partial charge in [0.1, 0.15) is 0 Å². The molecule has 2 saturated heterocycles. The highest BCUT2D eigenvalue weighted by Gasteiger charge is 2.36. The van der Waals surface area contributed by atoms with Gasteiger partial charge in [-0.25, -0.2) is 0 Å². The van der Waals surface area contributed by atoms with Crippen LogP contribution in [0, 0.1) is 5.92 Å². The van der Waals surface area contributed by atoms with Crippen LogP contribution >= 0.6 is 15.9 Å². The lowest BCUT2D eigenvalue weighted by molar-refractivity contribution is -0.140. The summed E-state index contributed by atoms with van der Waals surface area (Å²) in [5.41, 5.74) is 1.10. The molecule has 3 heterocycles. The van der Waals surface area contributed by atoms with E-state index in [1.54, 1.807) is 6.20 Å². The van der Waals surface area contributed by atoms with E-state index in [0.717, 1.165) is 36.0 Å². The van der Waals surface area contributed by atoms with Gasteiger partial charge in [-0.15, -0.1) is 0 Å². The molecular weight excluding hydrogens is 306 g/mol. The Morgan fingerprint density at radius 1 is 1.42 bits per heavy atom. The van der Waals surface area contributed by atoms with E-state index in [1.807, 2.05) is 12.3 Å². The van der Waals surface area contributed by atoms with Crippen molar-refractivity contribution in [3.05, 3.63) is 28.5 Å². The second-order valence-corrected chi connectivity index (χ2v) is 6.31. The quantitative estimate of drug-likeness (QED) is 0.904. The first-order chi connectivity index (χ1) is 9.24. The van der Waals surface area contributed by atoms with E-state index < -0.39 is 0 Å². The molecule has 1 N–H and O–H groups in total. The van der Waals surface area contributed by atoms with Gasteiger partial charge in [0.2, 0.25) is 5.91 Å². The molecule has 19 heavy (non-hydrogen) atoms. The maximum absolute atomic E-state index is 12.2. The van der Waals surface area contributed by atoms with E-state index in [-0.39, 0.29) is 0 Å². The van der Waals surface area contributed by atoms with Crippen molar-refractivity contribution in [2.45, 2.75) is 31.8 Å². The Morgan fingerprint density at radius 2 is 2.32 bits per heavy atom.